The third kappa shape index (κ3) is 2.39. The first kappa shape index (κ1) is 15.3. The van der Waals surface area contributed by atoms with Gasteiger partial charge in [0.05, 0.1) is 29.6 Å². The van der Waals surface area contributed by atoms with Gasteiger partial charge in [-0.1, -0.05) is 0 Å². The van der Waals surface area contributed by atoms with Gasteiger partial charge in [-0.15, -0.1) is 0 Å². The molecule has 2 aromatic heterocycles. The Labute approximate surface area is 128 Å². The van der Waals surface area contributed by atoms with E-state index in [1.165, 1.54) is 0 Å². The first-order valence-corrected chi connectivity index (χ1v) is 7.06. The number of hydrogen-bond acceptors (Lipinski definition) is 5. The molecule has 0 aliphatic heterocycles. The maximum atomic E-state index is 13.9. The first-order valence-electron chi connectivity index (χ1n) is 7.06. The quantitative estimate of drug-likeness (QED) is 0.634. The van der Waals surface area contributed by atoms with Crippen molar-refractivity contribution in [3.05, 3.63) is 45.1 Å². The molecule has 120 valence electrons. The maximum Gasteiger partial charge on any atom is 0.362 e. The van der Waals surface area contributed by atoms with E-state index in [1.54, 1.807) is 6.92 Å². The number of rotatable bonds is 4. The summed E-state index contributed by atoms with van der Waals surface area (Å²) in [6.45, 7) is 1.61. The van der Waals surface area contributed by atoms with Crippen LogP contribution in [0.15, 0.2) is 11.0 Å². The van der Waals surface area contributed by atoms with Crippen LogP contribution in [0.2, 0.25) is 0 Å². The third-order valence-corrected chi connectivity index (χ3v) is 3.63. The first-order chi connectivity index (χ1) is 11.0. The second kappa shape index (κ2) is 5.53. The molecule has 1 aliphatic carbocycles. The zero-order chi connectivity index (χ0) is 16.7. The number of halogens is 2. The van der Waals surface area contributed by atoms with Crippen LogP contribution < -0.4 is 5.56 Å². The van der Waals surface area contributed by atoms with Crippen molar-refractivity contribution in [1.82, 2.24) is 9.38 Å². The van der Waals surface area contributed by atoms with E-state index in [9.17, 15) is 23.2 Å². The van der Waals surface area contributed by atoms with E-state index in [2.05, 4.69) is 4.98 Å². The van der Waals surface area contributed by atoms with Crippen molar-refractivity contribution in [2.75, 3.05) is 6.61 Å². The number of nitrogens with zero attached hydrogens (tertiary/aromatic N) is 2. The Morgan fingerprint density at radius 1 is 1.48 bits per heavy atom. The molecule has 0 bridgehead atoms. The summed E-state index contributed by atoms with van der Waals surface area (Å²) in [6, 6.07) is 0. The van der Waals surface area contributed by atoms with Gasteiger partial charge >= 0.3 is 5.97 Å². The lowest BCUT2D eigenvalue weighted by molar-refractivity contribution is 0.0516. The number of esters is 1. The average molecular weight is 322 g/mol. The van der Waals surface area contributed by atoms with Crippen LogP contribution in [-0.2, 0) is 4.74 Å². The summed E-state index contributed by atoms with van der Waals surface area (Å²) in [5, 5.41) is 0. The number of carbonyl (C=O) groups is 2. The summed E-state index contributed by atoms with van der Waals surface area (Å²) in [4.78, 5) is 39.4. The fourth-order valence-corrected chi connectivity index (χ4v) is 2.44. The summed E-state index contributed by atoms with van der Waals surface area (Å²) in [6.07, 6.45) is 2.21. The summed E-state index contributed by atoms with van der Waals surface area (Å²) in [7, 11) is 0. The number of hydrogen-bond donors (Lipinski definition) is 0. The van der Waals surface area contributed by atoms with E-state index in [-0.39, 0.29) is 30.0 Å². The molecule has 23 heavy (non-hydrogen) atoms. The van der Waals surface area contributed by atoms with Crippen LogP contribution in [0.3, 0.4) is 0 Å². The lowest BCUT2D eigenvalue weighted by atomic mass is 10.1. The third-order valence-electron chi connectivity index (χ3n) is 3.63. The summed E-state index contributed by atoms with van der Waals surface area (Å²) >= 11 is 0. The second-order valence-electron chi connectivity index (χ2n) is 5.19. The average Bonchev–Trinajstić information content (AvgIpc) is 3.35. The number of ether oxygens (including phenoxy) is 1. The topological polar surface area (TPSA) is 77.7 Å². The minimum Gasteiger partial charge on any atom is -0.461 e. The van der Waals surface area contributed by atoms with E-state index in [1.807, 2.05) is 0 Å². The largest absolute Gasteiger partial charge is 0.461 e. The van der Waals surface area contributed by atoms with Gasteiger partial charge in [0.1, 0.15) is 0 Å². The van der Waals surface area contributed by atoms with Gasteiger partial charge in [0.15, 0.2) is 17.9 Å². The zero-order valence-corrected chi connectivity index (χ0v) is 12.1. The lowest BCUT2D eigenvalue weighted by Crippen LogP contribution is -2.28. The van der Waals surface area contributed by atoms with E-state index in [0.717, 1.165) is 17.2 Å². The van der Waals surface area contributed by atoms with Gasteiger partial charge in [0.2, 0.25) is 5.69 Å². The molecule has 3 rings (SSSR count). The van der Waals surface area contributed by atoms with Gasteiger partial charge in [-0.25, -0.2) is 18.6 Å². The van der Waals surface area contributed by atoms with Crippen LogP contribution in [0, 0.1) is 11.6 Å². The predicted octanol–water partition coefficient (Wildman–Crippen LogP) is 1.84. The molecule has 0 spiro atoms. The molecule has 1 aliphatic rings. The summed E-state index contributed by atoms with van der Waals surface area (Å²) < 4.78 is 33.1. The molecule has 6 nitrogen and oxygen atoms in total. The molecule has 0 atom stereocenters. The number of carbonyl (C=O) groups excluding carboxylic acids is 2. The monoisotopic (exact) mass is 322 g/mol. The van der Waals surface area contributed by atoms with E-state index < -0.39 is 34.4 Å². The summed E-state index contributed by atoms with van der Waals surface area (Å²) in [5.41, 5.74) is -1.90. The molecule has 0 amide bonds. The van der Waals surface area contributed by atoms with E-state index >= 15 is 0 Å². The highest BCUT2D eigenvalue weighted by atomic mass is 19.2. The highest BCUT2D eigenvalue weighted by Gasteiger charge is 2.32. The Morgan fingerprint density at radius 2 is 2.17 bits per heavy atom. The van der Waals surface area contributed by atoms with Crippen molar-refractivity contribution >= 4 is 17.8 Å². The SMILES string of the molecule is CCOC(=O)c1nc(C2CC2)c2c(C=O)c(F)c(F)cn2c1=O. The Kier molecular flexibility index (Phi) is 3.67. The fraction of sp³-hybridized carbons (Fsp3) is 0.333. The standard InChI is InChI=1S/C15H12F2N2O4/c1-2-23-15(22)12-14(21)19-5-9(16)10(17)8(6-20)13(19)11(18-12)7-3-4-7/h5-7H,2-4H2,1H3. The number of aldehydes is 1. The summed E-state index contributed by atoms with van der Waals surface area (Å²) in [5.74, 6) is -3.75. The predicted molar refractivity (Wildman–Crippen MR) is 74.7 cm³/mol. The fourth-order valence-electron chi connectivity index (χ4n) is 2.44. The molecule has 0 saturated heterocycles. The Bertz CT molecular complexity index is 887. The Morgan fingerprint density at radius 3 is 2.74 bits per heavy atom. The van der Waals surface area contributed by atoms with Crippen molar-refractivity contribution < 1.29 is 23.1 Å². The van der Waals surface area contributed by atoms with Crippen LogP contribution in [0.4, 0.5) is 8.78 Å². The van der Waals surface area contributed by atoms with Crippen molar-refractivity contribution in [3.8, 4) is 0 Å². The van der Waals surface area contributed by atoms with Crippen molar-refractivity contribution in [2.45, 2.75) is 25.7 Å². The Hall–Kier alpha value is -2.64. The molecule has 0 unspecified atom stereocenters. The van der Waals surface area contributed by atoms with Gasteiger partial charge < -0.3 is 4.74 Å². The van der Waals surface area contributed by atoms with Crippen LogP contribution in [-0.4, -0.2) is 28.2 Å². The number of aromatic nitrogens is 2. The highest BCUT2D eigenvalue weighted by molar-refractivity contribution is 5.90. The smallest absolute Gasteiger partial charge is 0.362 e. The van der Waals surface area contributed by atoms with Crippen molar-refractivity contribution in [1.29, 1.82) is 0 Å². The van der Waals surface area contributed by atoms with Crippen LogP contribution in [0.5, 0.6) is 0 Å². The molecule has 0 aromatic carbocycles. The van der Waals surface area contributed by atoms with E-state index in [0.29, 0.717) is 6.20 Å². The number of fused-ring (bicyclic) bond motifs is 1. The van der Waals surface area contributed by atoms with Gasteiger partial charge in [0, 0.05) is 5.92 Å². The molecular weight excluding hydrogens is 310 g/mol. The molecular formula is C15H12F2N2O4. The highest BCUT2D eigenvalue weighted by Crippen LogP contribution is 2.41. The van der Waals surface area contributed by atoms with Gasteiger partial charge in [-0.3, -0.25) is 14.0 Å². The second-order valence-corrected chi connectivity index (χ2v) is 5.19. The van der Waals surface area contributed by atoms with E-state index in [4.69, 9.17) is 4.74 Å². The van der Waals surface area contributed by atoms with Crippen molar-refractivity contribution in [2.24, 2.45) is 0 Å². The molecule has 0 N–H and O–H groups in total. The molecule has 0 radical (unpaired) electrons. The van der Waals surface area contributed by atoms with Crippen LogP contribution >= 0.6 is 0 Å². The molecule has 1 fully saturated rings. The normalized spacial score (nSPS) is 14.0. The zero-order valence-electron chi connectivity index (χ0n) is 12.1. The molecule has 8 heteroatoms. The Balaban J connectivity index is 2.42. The van der Waals surface area contributed by atoms with Crippen LogP contribution in [0.25, 0.3) is 5.52 Å². The maximum absolute atomic E-state index is 13.9. The van der Waals surface area contributed by atoms with Crippen molar-refractivity contribution in [3.63, 3.8) is 0 Å². The van der Waals surface area contributed by atoms with Crippen LogP contribution in [0.1, 0.15) is 52.2 Å². The minimum absolute atomic E-state index is 0.0405. The van der Waals surface area contributed by atoms with Gasteiger partial charge in [0.25, 0.3) is 5.56 Å². The molecule has 2 heterocycles. The van der Waals surface area contributed by atoms with Gasteiger partial charge in [-0.05, 0) is 19.8 Å². The minimum atomic E-state index is -1.36. The molecule has 1 saturated carbocycles. The van der Waals surface area contributed by atoms with Gasteiger partial charge in [-0.2, -0.15) is 0 Å². The number of pyridine rings is 1. The lowest BCUT2D eigenvalue weighted by Gasteiger charge is -2.12. The molecule has 2 aromatic rings.